The highest BCUT2D eigenvalue weighted by Gasteiger charge is 2.47. The number of carbonyl (C=O) groups excluding carboxylic acids is 3. The largest absolute Gasteiger partial charge is 0.476 e. The molecule has 0 amide bonds. The zero-order chi connectivity index (χ0) is 22.4. The zero-order valence-electron chi connectivity index (χ0n) is 17.2. The van der Waals surface area contributed by atoms with Gasteiger partial charge in [0.2, 0.25) is 0 Å². The van der Waals surface area contributed by atoms with Gasteiger partial charge in [0.25, 0.3) is 0 Å². The summed E-state index contributed by atoms with van der Waals surface area (Å²) in [7, 11) is 0. The Morgan fingerprint density at radius 2 is 1.68 bits per heavy atom. The monoisotopic (exact) mass is 446 g/mol. The number of aromatic nitrogens is 2. The molecule has 0 aromatic carbocycles. The lowest BCUT2D eigenvalue weighted by Gasteiger charge is -2.39. The molecule has 2 aromatic rings. The number of hydrogen-bond acceptors (Lipinski definition) is 10. The second-order valence-electron chi connectivity index (χ2n) is 6.73. The molecule has 1 aliphatic heterocycles. The third-order valence-electron chi connectivity index (χ3n) is 4.25. The van der Waals surface area contributed by atoms with Crippen molar-refractivity contribution in [2.75, 3.05) is 5.75 Å². The zero-order valence-corrected chi connectivity index (χ0v) is 18.0. The van der Waals surface area contributed by atoms with E-state index in [4.69, 9.17) is 18.9 Å². The van der Waals surface area contributed by atoms with Gasteiger partial charge in [-0.1, -0.05) is 0 Å². The van der Waals surface area contributed by atoms with E-state index in [1.165, 1.54) is 32.5 Å². The van der Waals surface area contributed by atoms with E-state index in [2.05, 4.69) is 9.97 Å². The topological polar surface area (TPSA) is 114 Å². The molecular weight excluding hydrogens is 424 g/mol. The van der Waals surface area contributed by atoms with Crippen LogP contribution in [0, 0.1) is 0 Å². The van der Waals surface area contributed by atoms with Crippen LogP contribution >= 0.6 is 11.8 Å². The molecule has 4 atom stereocenters. The van der Waals surface area contributed by atoms with Crippen LogP contribution in [0.2, 0.25) is 0 Å². The molecule has 1 aliphatic rings. The first kappa shape index (κ1) is 22.5. The minimum absolute atomic E-state index is 0.292. The Labute approximate surface area is 183 Å². The highest BCUT2D eigenvalue weighted by molar-refractivity contribution is 7.99. The van der Waals surface area contributed by atoms with Gasteiger partial charge in [-0.3, -0.25) is 24.4 Å². The van der Waals surface area contributed by atoms with E-state index in [1.54, 1.807) is 36.8 Å². The van der Waals surface area contributed by atoms with Crippen LogP contribution in [-0.2, 0) is 28.6 Å². The number of carbonyl (C=O) groups is 3. The minimum atomic E-state index is -1.00. The molecule has 0 aliphatic carbocycles. The predicted octanol–water partition coefficient (Wildman–Crippen LogP) is 2.39. The molecule has 0 unspecified atom stereocenters. The van der Waals surface area contributed by atoms with Crippen molar-refractivity contribution in [3.8, 4) is 17.0 Å². The van der Waals surface area contributed by atoms with Gasteiger partial charge >= 0.3 is 17.9 Å². The van der Waals surface area contributed by atoms with Crippen molar-refractivity contribution >= 4 is 29.7 Å². The van der Waals surface area contributed by atoms with Crippen LogP contribution in [-0.4, -0.2) is 57.4 Å². The highest BCUT2D eigenvalue weighted by Crippen LogP contribution is 2.34. The molecule has 3 heterocycles. The van der Waals surface area contributed by atoms with Gasteiger partial charge in [-0.15, -0.1) is 11.8 Å². The van der Waals surface area contributed by atoms with Crippen molar-refractivity contribution < 1.29 is 33.3 Å². The van der Waals surface area contributed by atoms with E-state index in [-0.39, 0.29) is 0 Å². The maximum Gasteiger partial charge on any atom is 0.303 e. The Kier molecular flexibility index (Phi) is 7.45. The lowest BCUT2D eigenvalue weighted by atomic mass is 10.1. The molecule has 2 aromatic heterocycles. The Morgan fingerprint density at radius 1 is 0.968 bits per heavy atom. The predicted molar refractivity (Wildman–Crippen MR) is 111 cm³/mol. The van der Waals surface area contributed by atoms with Gasteiger partial charge in [0, 0.05) is 56.7 Å². The Bertz CT molecular complexity index is 940. The fourth-order valence-corrected chi connectivity index (χ4v) is 4.32. The number of ether oxygens (including phenoxy) is 4. The SMILES string of the molecule is CC(=O)O[C@@H]1[C@@H](OC(C)=O)[C@H](OC(C)=O)CS[C@H]1Oc1ccnc(-c2cccnc2)c1. The molecule has 9 nitrogen and oxygen atoms in total. The molecule has 164 valence electrons. The van der Waals surface area contributed by atoms with Crippen molar-refractivity contribution in [2.24, 2.45) is 0 Å². The summed E-state index contributed by atoms with van der Waals surface area (Å²) in [6, 6.07) is 7.08. The molecule has 0 N–H and O–H groups in total. The molecule has 31 heavy (non-hydrogen) atoms. The minimum Gasteiger partial charge on any atom is -0.476 e. The number of thioether (sulfide) groups is 1. The third kappa shape index (κ3) is 6.17. The third-order valence-corrected chi connectivity index (χ3v) is 5.46. The number of esters is 3. The summed E-state index contributed by atoms with van der Waals surface area (Å²) in [6.45, 7) is 3.74. The first-order valence-electron chi connectivity index (χ1n) is 9.50. The maximum atomic E-state index is 11.8. The Balaban J connectivity index is 1.86. The smallest absolute Gasteiger partial charge is 0.303 e. The molecular formula is C21H22N2O7S. The first-order valence-corrected chi connectivity index (χ1v) is 10.5. The second-order valence-corrected chi connectivity index (χ2v) is 7.87. The highest BCUT2D eigenvalue weighted by atomic mass is 32.2. The van der Waals surface area contributed by atoms with Crippen LogP contribution < -0.4 is 4.74 Å². The van der Waals surface area contributed by atoms with E-state index in [9.17, 15) is 14.4 Å². The fourth-order valence-electron chi connectivity index (χ4n) is 3.10. The molecule has 0 saturated carbocycles. The summed E-state index contributed by atoms with van der Waals surface area (Å²) in [4.78, 5) is 43.3. The molecule has 0 bridgehead atoms. The molecule has 0 radical (unpaired) electrons. The van der Waals surface area contributed by atoms with Gasteiger partial charge in [0.05, 0.1) is 5.69 Å². The molecule has 1 fully saturated rings. The van der Waals surface area contributed by atoms with Gasteiger partial charge in [-0.25, -0.2) is 0 Å². The second kappa shape index (κ2) is 10.3. The van der Waals surface area contributed by atoms with E-state index in [1.807, 2.05) is 6.07 Å². The lowest BCUT2D eigenvalue weighted by Crippen LogP contribution is -2.55. The molecule has 10 heteroatoms. The number of hydrogen-bond donors (Lipinski definition) is 0. The van der Waals surface area contributed by atoms with E-state index < -0.39 is 41.7 Å². The van der Waals surface area contributed by atoms with Crippen LogP contribution in [0.5, 0.6) is 5.75 Å². The van der Waals surface area contributed by atoms with Crippen LogP contribution in [0.3, 0.4) is 0 Å². The quantitative estimate of drug-likeness (QED) is 0.484. The summed E-state index contributed by atoms with van der Waals surface area (Å²) in [6.07, 6.45) is 2.18. The standard InChI is InChI=1S/C21H22N2O7S/c1-12(24)27-18-11-31-21(20(29-14(3)26)19(18)28-13(2)25)30-16-6-8-23-17(9-16)15-5-4-7-22-10-15/h4-10,18-21H,11H2,1-3H3/t18-,19+,20-,21-/m1/s1. The van der Waals surface area contributed by atoms with Gasteiger partial charge in [-0.05, 0) is 18.2 Å². The summed E-state index contributed by atoms with van der Waals surface area (Å²) >= 11 is 1.29. The summed E-state index contributed by atoms with van der Waals surface area (Å²) in [5.74, 6) is -0.922. The average Bonchev–Trinajstić information content (AvgIpc) is 2.72. The van der Waals surface area contributed by atoms with Crippen molar-refractivity contribution in [3.05, 3.63) is 42.9 Å². The van der Waals surface area contributed by atoms with Crippen LogP contribution in [0.25, 0.3) is 11.3 Å². The summed E-state index contributed by atoms with van der Waals surface area (Å²) < 4.78 is 22.2. The van der Waals surface area contributed by atoms with E-state index in [0.29, 0.717) is 17.2 Å². The number of nitrogens with zero attached hydrogens (tertiary/aromatic N) is 2. The van der Waals surface area contributed by atoms with Gasteiger partial charge < -0.3 is 18.9 Å². The van der Waals surface area contributed by atoms with Crippen molar-refractivity contribution in [1.29, 1.82) is 0 Å². The molecule has 3 rings (SSSR count). The van der Waals surface area contributed by atoms with Crippen molar-refractivity contribution in [1.82, 2.24) is 9.97 Å². The Hall–Kier alpha value is -3.14. The summed E-state index contributed by atoms with van der Waals surface area (Å²) in [5.41, 5.74) is 0.766. The summed E-state index contributed by atoms with van der Waals surface area (Å²) in [5, 5.41) is 0. The van der Waals surface area contributed by atoms with Crippen molar-refractivity contribution in [3.63, 3.8) is 0 Å². The van der Waals surface area contributed by atoms with E-state index in [0.717, 1.165) is 5.56 Å². The van der Waals surface area contributed by atoms with Crippen LogP contribution in [0.1, 0.15) is 20.8 Å². The maximum absolute atomic E-state index is 11.8. The first-order chi connectivity index (χ1) is 14.8. The van der Waals surface area contributed by atoms with Crippen molar-refractivity contribution in [2.45, 2.75) is 44.5 Å². The fraction of sp³-hybridized carbons (Fsp3) is 0.381. The van der Waals surface area contributed by atoms with Crippen LogP contribution in [0.15, 0.2) is 42.9 Å². The molecule has 0 spiro atoms. The Morgan fingerprint density at radius 3 is 2.32 bits per heavy atom. The molecule has 1 saturated heterocycles. The van der Waals surface area contributed by atoms with Gasteiger partial charge in [0.1, 0.15) is 5.75 Å². The average molecular weight is 446 g/mol. The number of pyridine rings is 2. The number of rotatable bonds is 6. The van der Waals surface area contributed by atoms with Crippen LogP contribution in [0.4, 0.5) is 0 Å². The van der Waals surface area contributed by atoms with E-state index >= 15 is 0 Å². The van der Waals surface area contributed by atoms with Gasteiger partial charge in [-0.2, -0.15) is 0 Å². The lowest BCUT2D eigenvalue weighted by molar-refractivity contribution is -0.186. The normalized spacial score (nSPS) is 22.8. The van der Waals surface area contributed by atoms with Gasteiger partial charge in [0.15, 0.2) is 23.7 Å².